The maximum atomic E-state index is 12.2. The highest BCUT2D eigenvalue weighted by Gasteiger charge is 2.38. The van der Waals surface area contributed by atoms with E-state index in [0.29, 0.717) is 6.61 Å². The molecule has 0 radical (unpaired) electrons. The number of H-pyrrole nitrogens is 1. The van der Waals surface area contributed by atoms with Crippen LogP contribution in [0.15, 0.2) is 4.79 Å². The van der Waals surface area contributed by atoms with Gasteiger partial charge in [0.25, 0.3) is 5.56 Å². The van der Waals surface area contributed by atoms with Gasteiger partial charge < -0.3 is 9.72 Å². The Morgan fingerprint density at radius 3 is 2.84 bits per heavy atom. The predicted octanol–water partition coefficient (Wildman–Crippen LogP) is 2.71. The normalized spacial score (nSPS) is 21.3. The van der Waals surface area contributed by atoms with E-state index < -0.39 is 0 Å². The second kappa shape index (κ2) is 5.29. The van der Waals surface area contributed by atoms with Crippen LogP contribution in [0.3, 0.4) is 0 Å². The molecule has 4 nitrogen and oxygen atoms in total. The fourth-order valence-corrected chi connectivity index (χ4v) is 4.16. The summed E-state index contributed by atoms with van der Waals surface area (Å²) < 4.78 is 6.03. The topological polar surface area (TPSA) is 55.0 Å². The van der Waals surface area contributed by atoms with E-state index in [1.165, 1.54) is 6.42 Å². The third kappa shape index (κ3) is 2.34. The van der Waals surface area contributed by atoms with Crippen molar-refractivity contribution in [3.63, 3.8) is 0 Å². The van der Waals surface area contributed by atoms with Crippen LogP contribution in [0.25, 0.3) is 0 Å². The molecule has 5 heteroatoms. The summed E-state index contributed by atoms with van der Waals surface area (Å²) in [5.74, 6) is 2.41. The first-order chi connectivity index (χ1) is 9.25. The van der Waals surface area contributed by atoms with Crippen LogP contribution < -0.4 is 5.56 Å². The van der Waals surface area contributed by atoms with E-state index in [2.05, 4.69) is 4.98 Å². The lowest BCUT2D eigenvalue weighted by Crippen LogP contribution is -2.37. The van der Waals surface area contributed by atoms with Gasteiger partial charge in [0.2, 0.25) is 0 Å². The second-order valence-electron chi connectivity index (χ2n) is 5.32. The van der Waals surface area contributed by atoms with Crippen molar-refractivity contribution in [2.45, 2.75) is 56.1 Å². The standard InChI is InChI=1S/C14H20N2O2S/c1-2-18-14(6-4-3-5-7-14)13-15-11-9-19-8-10(11)12(17)16-13/h2-9H2,1H3,(H,15,16,17). The van der Waals surface area contributed by atoms with Gasteiger partial charge in [0.15, 0.2) is 0 Å². The van der Waals surface area contributed by atoms with E-state index in [1.54, 1.807) is 11.8 Å². The number of ether oxygens (including phenoxy) is 1. The highest BCUT2D eigenvalue weighted by molar-refractivity contribution is 7.98. The molecule has 0 unspecified atom stereocenters. The summed E-state index contributed by atoms with van der Waals surface area (Å²) in [5, 5.41) is 0. The summed E-state index contributed by atoms with van der Waals surface area (Å²) in [6.45, 7) is 2.67. The van der Waals surface area contributed by atoms with Gasteiger partial charge in [-0.15, -0.1) is 0 Å². The highest BCUT2D eigenvalue weighted by Crippen LogP contribution is 2.39. The predicted molar refractivity (Wildman–Crippen MR) is 76.2 cm³/mol. The molecular weight excluding hydrogens is 260 g/mol. The SMILES string of the molecule is CCOC1(c2nc3c(c(=O)[nH]2)CSC3)CCCCC1. The molecule has 104 valence electrons. The van der Waals surface area contributed by atoms with Crippen LogP contribution in [0, 0.1) is 0 Å². The number of rotatable bonds is 3. The van der Waals surface area contributed by atoms with Gasteiger partial charge in [-0.25, -0.2) is 4.98 Å². The molecule has 1 aromatic heterocycles. The molecule has 1 N–H and O–H groups in total. The molecular formula is C14H20N2O2S. The van der Waals surface area contributed by atoms with Crippen molar-refractivity contribution in [1.29, 1.82) is 0 Å². The minimum absolute atomic E-state index is 0.0367. The average Bonchev–Trinajstić information content (AvgIpc) is 2.89. The van der Waals surface area contributed by atoms with Crippen molar-refractivity contribution in [2.24, 2.45) is 0 Å². The first kappa shape index (κ1) is 13.2. The largest absolute Gasteiger partial charge is 0.367 e. The lowest BCUT2D eigenvalue weighted by atomic mass is 9.83. The third-order valence-electron chi connectivity index (χ3n) is 4.10. The van der Waals surface area contributed by atoms with Crippen molar-refractivity contribution in [3.05, 3.63) is 27.4 Å². The molecule has 2 heterocycles. The van der Waals surface area contributed by atoms with Gasteiger partial charge in [-0.3, -0.25) is 4.79 Å². The van der Waals surface area contributed by atoms with Gasteiger partial charge >= 0.3 is 0 Å². The zero-order chi connectivity index (χ0) is 13.3. The molecule has 3 rings (SSSR count). The van der Waals surface area contributed by atoms with Gasteiger partial charge in [0.1, 0.15) is 11.4 Å². The van der Waals surface area contributed by atoms with Gasteiger partial charge in [-0.1, -0.05) is 19.3 Å². The molecule has 1 aliphatic heterocycles. The van der Waals surface area contributed by atoms with E-state index in [0.717, 1.165) is 54.3 Å². The van der Waals surface area contributed by atoms with Crippen LogP contribution in [0.2, 0.25) is 0 Å². The Balaban J connectivity index is 2.03. The smallest absolute Gasteiger partial charge is 0.255 e. The Kier molecular flexibility index (Phi) is 3.67. The van der Waals surface area contributed by atoms with Crippen LogP contribution in [0.4, 0.5) is 0 Å². The number of fused-ring (bicyclic) bond motifs is 1. The lowest BCUT2D eigenvalue weighted by Gasteiger charge is -2.36. The molecule has 1 aliphatic carbocycles. The molecule has 1 fully saturated rings. The molecule has 1 saturated carbocycles. The molecule has 0 aromatic carbocycles. The number of hydrogen-bond acceptors (Lipinski definition) is 4. The summed E-state index contributed by atoms with van der Waals surface area (Å²) in [7, 11) is 0. The van der Waals surface area contributed by atoms with Gasteiger partial charge in [-0.05, 0) is 19.8 Å². The minimum Gasteiger partial charge on any atom is -0.367 e. The van der Waals surface area contributed by atoms with Crippen LogP contribution in [-0.2, 0) is 21.8 Å². The molecule has 0 spiro atoms. The summed E-state index contributed by atoms with van der Waals surface area (Å²) in [4.78, 5) is 19.9. The van der Waals surface area contributed by atoms with Gasteiger partial charge in [0, 0.05) is 23.7 Å². The summed E-state index contributed by atoms with van der Waals surface area (Å²) in [6.07, 6.45) is 5.48. The van der Waals surface area contributed by atoms with E-state index in [1.807, 2.05) is 6.92 Å². The molecule has 2 aliphatic rings. The number of nitrogens with zero attached hydrogens (tertiary/aromatic N) is 1. The van der Waals surface area contributed by atoms with Crippen molar-refractivity contribution >= 4 is 11.8 Å². The molecule has 0 amide bonds. The average molecular weight is 280 g/mol. The number of aromatic nitrogens is 2. The maximum Gasteiger partial charge on any atom is 0.255 e. The molecule has 1 aromatic rings. The number of aromatic amines is 1. The van der Waals surface area contributed by atoms with E-state index >= 15 is 0 Å². The number of hydrogen-bond donors (Lipinski definition) is 1. The Morgan fingerprint density at radius 1 is 1.32 bits per heavy atom. The zero-order valence-electron chi connectivity index (χ0n) is 11.3. The number of nitrogens with one attached hydrogen (secondary N) is 1. The van der Waals surface area contributed by atoms with Crippen molar-refractivity contribution in [3.8, 4) is 0 Å². The molecule has 0 atom stereocenters. The first-order valence-corrected chi connectivity index (χ1v) is 8.25. The quantitative estimate of drug-likeness (QED) is 0.925. The van der Waals surface area contributed by atoms with Crippen LogP contribution in [0.5, 0.6) is 0 Å². The Morgan fingerprint density at radius 2 is 2.11 bits per heavy atom. The fourth-order valence-electron chi connectivity index (χ4n) is 3.13. The lowest BCUT2D eigenvalue weighted by molar-refractivity contribution is -0.0769. The second-order valence-corrected chi connectivity index (χ2v) is 6.31. The highest BCUT2D eigenvalue weighted by atomic mass is 32.2. The molecule has 0 bridgehead atoms. The van der Waals surface area contributed by atoms with Crippen LogP contribution >= 0.6 is 11.8 Å². The van der Waals surface area contributed by atoms with E-state index in [-0.39, 0.29) is 11.2 Å². The van der Waals surface area contributed by atoms with Crippen molar-refractivity contribution in [1.82, 2.24) is 9.97 Å². The Bertz CT molecular complexity index is 515. The summed E-state index contributed by atoms with van der Waals surface area (Å²) >= 11 is 1.76. The molecule has 19 heavy (non-hydrogen) atoms. The maximum absolute atomic E-state index is 12.2. The summed E-state index contributed by atoms with van der Waals surface area (Å²) in [5.41, 5.74) is 1.51. The Hall–Kier alpha value is -0.810. The first-order valence-electron chi connectivity index (χ1n) is 7.09. The van der Waals surface area contributed by atoms with Gasteiger partial charge in [0.05, 0.1) is 5.69 Å². The minimum atomic E-state index is -0.353. The van der Waals surface area contributed by atoms with Gasteiger partial charge in [-0.2, -0.15) is 11.8 Å². The van der Waals surface area contributed by atoms with Crippen molar-refractivity contribution < 1.29 is 4.74 Å². The molecule has 0 saturated heterocycles. The number of thioether (sulfide) groups is 1. The van der Waals surface area contributed by atoms with Crippen LogP contribution in [0.1, 0.15) is 56.1 Å². The zero-order valence-corrected chi connectivity index (χ0v) is 12.1. The Labute approximate surface area is 117 Å². The third-order valence-corrected chi connectivity index (χ3v) is 5.07. The van der Waals surface area contributed by atoms with E-state index in [4.69, 9.17) is 9.72 Å². The van der Waals surface area contributed by atoms with Crippen molar-refractivity contribution in [2.75, 3.05) is 6.61 Å². The van der Waals surface area contributed by atoms with Crippen LogP contribution in [-0.4, -0.2) is 16.6 Å². The fraction of sp³-hybridized carbons (Fsp3) is 0.714. The monoisotopic (exact) mass is 280 g/mol. The summed E-state index contributed by atoms with van der Waals surface area (Å²) in [6, 6.07) is 0. The van der Waals surface area contributed by atoms with E-state index in [9.17, 15) is 4.79 Å².